The highest BCUT2D eigenvalue weighted by Crippen LogP contribution is 2.24. The van der Waals surface area contributed by atoms with Crippen LogP contribution in [0.4, 0.5) is 0 Å². The van der Waals surface area contributed by atoms with Crippen molar-refractivity contribution in [2.24, 2.45) is 16.7 Å². The second-order valence-electron chi connectivity index (χ2n) is 8.71. The number of unbranched alkanes of at least 4 members (excludes halogenated alkanes) is 2. The Labute approximate surface area is 132 Å². The molecular weight excluding hydrogens is 260 g/mol. The SMILES string of the molecule is CC(C)(C)CCCCC(=O)C([C]=O)CCCCC(C)(C)C. The first kappa shape index (κ1) is 20.3. The van der Waals surface area contributed by atoms with E-state index in [0.29, 0.717) is 23.7 Å². The number of rotatable bonds is 10. The molecule has 0 aliphatic heterocycles. The molecule has 0 aromatic carbocycles. The minimum atomic E-state index is -0.486. The second kappa shape index (κ2) is 9.38. The van der Waals surface area contributed by atoms with E-state index >= 15 is 0 Å². The van der Waals surface area contributed by atoms with Crippen molar-refractivity contribution in [3.05, 3.63) is 0 Å². The zero-order valence-electron chi connectivity index (χ0n) is 15.1. The summed E-state index contributed by atoms with van der Waals surface area (Å²) in [6, 6.07) is 0. The summed E-state index contributed by atoms with van der Waals surface area (Å²) in [6.45, 7) is 13.3. The van der Waals surface area contributed by atoms with Crippen LogP contribution in [-0.2, 0) is 9.59 Å². The number of carbonyl (C=O) groups excluding carboxylic acids is 2. The zero-order valence-corrected chi connectivity index (χ0v) is 15.1. The highest BCUT2D eigenvalue weighted by Gasteiger charge is 2.19. The largest absolute Gasteiger partial charge is 0.299 e. The van der Waals surface area contributed by atoms with Gasteiger partial charge in [-0.15, -0.1) is 0 Å². The molecule has 123 valence electrons. The Morgan fingerprint density at radius 1 is 0.857 bits per heavy atom. The van der Waals surface area contributed by atoms with Crippen molar-refractivity contribution in [1.82, 2.24) is 0 Å². The maximum absolute atomic E-state index is 12.0. The fraction of sp³-hybridized carbons (Fsp3) is 0.895. The Balaban J connectivity index is 3.89. The molecule has 1 unspecified atom stereocenters. The topological polar surface area (TPSA) is 34.1 Å². The molecule has 0 aliphatic rings. The fourth-order valence-electron chi connectivity index (χ4n) is 2.42. The van der Waals surface area contributed by atoms with Gasteiger partial charge in [0.25, 0.3) is 0 Å². The number of Topliss-reactive ketones (excluding diaryl/α,β-unsaturated/α-hetero) is 1. The molecule has 0 aromatic rings. The van der Waals surface area contributed by atoms with Crippen molar-refractivity contribution in [1.29, 1.82) is 0 Å². The maximum Gasteiger partial charge on any atom is 0.209 e. The minimum absolute atomic E-state index is 0.0923. The van der Waals surface area contributed by atoms with Gasteiger partial charge in [0.2, 0.25) is 6.29 Å². The van der Waals surface area contributed by atoms with Gasteiger partial charge in [0.05, 0.1) is 5.92 Å². The number of hydrogen-bond acceptors (Lipinski definition) is 2. The number of carbonyl (C=O) groups is 1. The Hall–Kier alpha value is -0.660. The van der Waals surface area contributed by atoms with Gasteiger partial charge in [0, 0.05) is 6.42 Å². The van der Waals surface area contributed by atoms with E-state index in [0.717, 1.165) is 38.5 Å². The summed E-state index contributed by atoms with van der Waals surface area (Å²) >= 11 is 0. The Kier molecular flexibility index (Phi) is 9.08. The van der Waals surface area contributed by atoms with Gasteiger partial charge in [-0.1, -0.05) is 60.8 Å². The van der Waals surface area contributed by atoms with E-state index in [1.807, 2.05) is 6.29 Å². The minimum Gasteiger partial charge on any atom is -0.299 e. The van der Waals surface area contributed by atoms with E-state index in [2.05, 4.69) is 41.5 Å². The van der Waals surface area contributed by atoms with Crippen molar-refractivity contribution in [2.45, 2.75) is 92.9 Å². The monoisotopic (exact) mass is 295 g/mol. The summed E-state index contributed by atoms with van der Waals surface area (Å²) in [5.74, 6) is -0.394. The zero-order chi connectivity index (χ0) is 16.5. The highest BCUT2D eigenvalue weighted by molar-refractivity contribution is 5.93. The van der Waals surface area contributed by atoms with E-state index in [-0.39, 0.29) is 5.78 Å². The van der Waals surface area contributed by atoms with E-state index in [4.69, 9.17) is 0 Å². The molecule has 0 spiro atoms. The Bertz CT molecular complexity index is 305. The molecule has 0 aromatic heterocycles. The molecule has 1 atom stereocenters. The molecule has 1 radical (unpaired) electrons. The third-order valence-corrected chi connectivity index (χ3v) is 3.80. The quantitative estimate of drug-likeness (QED) is 0.394. The van der Waals surface area contributed by atoms with Gasteiger partial charge in [-0.05, 0) is 36.5 Å². The maximum atomic E-state index is 12.0. The first-order valence-corrected chi connectivity index (χ1v) is 8.45. The van der Waals surface area contributed by atoms with Crippen LogP contribution in [0.15, 0.2) is 0 Å². The number of hydrogen-bond donors (Lipinski definition) is 0. The van der Waals surface area contributed by atoms with Gasteiger partial charge in [0.15, 0.2) is 0 Å². The lowest BCUT2D eigenvalue weighted by atomic mass is 9.87. The molecule has 21 heavy (non-hydrogen) atoms. The summed E-state index contributed by atoms with van der Waals surface area (Å²) in [4.78, 5) is 23.0. The van der Waals surface area contributed by atoms with Gasteiger partial charge in [-0.2, -0.15) is 0 Å². The third-order valence-electron chi connectivity index (χ3n) is 3.80. The molecule has 0 amide bonds. The van der Waals surface area contributed by atoms with Gasteiger partial charge < -0.3 is 0 Å². The van der Waals surface area contributed by atoms with Crippen LogP contribution >= 0.6 is 0 Å². The fourth-order valence-corrected chi connectivity index (χ4v) is 2.42. The molecule has 0 saturated carbocycles. The second-order valence-corrected chi connectivity index (χ2v) is 8.71. The van der Waals surface area contributed by atoms with E-state index < -0.39 is 5.92 Å². The molecule has 0 heterocycles. The standard InChI is InChI=1S/C19H35O2/c1-18(2,3)13-9-7-11-16(15-20)17(21)12-8-10-14-19(4,5)6/h16H,7-14H2,1-6H3. The van der Waals surface area contributed by atoms with Crippen LogP contribution in [0.25, 0.3) is 0 Å². The average molecular weight is 295 g/mol. The molecule has 0 fully saturated rings. The first-order chi connectivity index (χ1) is 9.55. The molecule has 0 N–H and O–H groups in total. The van der Waals surface area contributed by atoms with Crippen molar-refractivity contribution in [3.8, 4) is 0 Å². The summed E-state index contributed by atoms with van der Waals surface area (Å²) in [5, 5.41) is 0. The van der Waals surface area contributed by atoms with Crippen LogP contribution in [0.5, 0.6) is 0 Å². The van der Waals surface area contributed by atoms with Crippen molar-refractivity contribution < 1.29 is 9.59 Å². The Morgan fingerprint density at radius 2 is 1.33 bits per heavy atom. The summed E-state index contributed by atoms with van der Waals surface area (Å²) in [6.07, 6.45) is 9.43. The normalized spacial score (nSPS) is 14.0. The molecule has 0 rings (SSSR count). The van der Waals surface area contributed by atoms with Crippen LogP contribution in [0, 0.1) is 16.7 Å². The summed E-state index contributed by atoms with van der Waals surface area (Å²) < 4.78 is 0. The van der Waals surface area contributed by atoms with Gasteiger partial charge in [-0.3, -0.25) is 9.59 Å². The summed E-state index contributed by atoms with van der Waals surface area (Å²) in [7, 11) is 0. The van der Waals surface area contributed by atoms with Crippen LogP contribution in [0.1, 0.15) is 92.9 Å². The molecular formula is C19H35O2. The smallest absolute Gasteiger partial charge is 0.209 e. The lowest BCUT2D eigenvalue weighted by Crippen LogP contribution is -2.16. The van der Waals surface area contributed by atoms with Crippen molar-refractivity contribution in [2.75, 3.05) is 0 Å². The van der Waals surface area contributed by atoms with E-state index in [1.54, 1.807) is 0 Å². The van der Waals surface area contributed by atoms with Crippen molar-refractivity contribution in [3.63, 3.8) is 0 Å². The van der Waals surface area contributed by atoms with Gasteiger partial charge in [-0.25, -0.2) is 0 Å². The highest BCUT2D eigenvalue weighted by atomic mass is 16.1. The van der Waals surface area contributed by atoms with Gasteiger partial charge >= 0.3 is 0 Å². The van der Waals surface area contributed by atoms with Crippen LogP contribution in [0.2, 0.25) is 0 Å². The van der Waals surface area contributed by atoms with Crippen molar-refractivity contribution >= 4 is 12.1 Å². The lowest BCUT2D eigenvalue weighted by molar-refractivity contribution is -0.121. The third kappa shape index (κ3) is 12.8. The van der Waals surface area contributed by atoms with Crippen LogP contribution in [0.3, 0.4) is 0 Å². The Morgan fingerprint density at radius 3 is 1.76 bits per heavy atom. The van der Waals surface area contributed by atoms with E-state index in [1.165, 1.54) is 0 Å². The summed E-state index contributed by atoms with van der Waals surface area (Å²) in [5.41, 5.74) is 0.656. The molecule has 0 saturated heterocycles. The molecule has 2 heteroatoms. The van der Waals surface area contributed by atoms with Crippen LogP contribution < -0.4 is 0 Å². The molecule has 0 aliphatic carbocycles. The molecule has 2 nitrogen and oxygen atoms in total. The predicted molar refractivity (Wildman–Crippen MR) is 90.0 cm³/mol. The van der Waals surface area contributed by atoms with E-state index in [9.17, 15) is 9.59 Å². The lowest BCUT2D eigenvalue weighted by Gasteiger charge is -2.18. The van der Waals surface area contributed by atoms with Gasteiger partial charge in [0.1, 0.15) is 5.78 Å². The predicted octanol–water partition coefficient (Wildman–Crippen LogP) is 5.49. The first-order valence-electron chi connectivity index (χ1n) is 8.45. The number of ketones is 1. The molecule has 0 bridgehead atoms. The van der Waals surface area contributed by atoms with Crippen LogP contribution in [-0.4, -0.2) is 12.1 Å². The average Bonchev–Trinajstić information content (AvgIpc) is 2.32.